The maximum atomic E-state index is 10.0. The molecular weight excluding hydrogens is 164 g/mol. The van der Waals surface area contributed by atoms with Crippen LogP contribution in [0.15, 0.2) is 12.1 Å². The van der Waals surface area contributed by atoms with E-state index in [2.05, 4.69) is 16.4 Å². The first-order chi connectivity index (χ1) is 6.24. The first-order valence-electron chi connectivity index (χ1n) is 4.34. The Hall–Kier alpha value is -1.38. The van der Waals surface area contributed by atoms with Gasteiger partial charge in [-0.25, -0.2) is 0 Å². The molecule has 0 aliphatic heterocycles. The van der Waals surface area contributed by atoms with Gasteiger partial charge in [0.25, 0.3) is 0 Å². The van der Waals surface area contributed by atoms with Crippen LogP contribution < -0.4 is 5.32 Å². The highest BCUT2D eigenvalue weighted by atomic mass is 16.1. The van der Waals surface area contributed by atoms with Crippen molar-refractivity contribution in [2.45, 2.75) is 20.3 Å². The monoisotopic (exact) mass is 178 g/mol. The molecule has 1 aromatic heterocycles. The molecular formula is C10H14N2O. The summed E-state index contributed by atoms with van der Waals surface area (Å²) in [5.41, 5.74) is 3.28. The van der Waals surface area contributed by atoms with E-state index < -0.39 is 0 Å². The van der Waals surface area contributed by atoms with Crippen LogP contribution in [0.4, 0.5) is 0 Å². The minimum absolute atomic E-state index is 0.676. The van der Waals surface area contributed by atoms with E-state index >= 15 is 0 Å². The molecule has 0 radical (unpaired) electrons. The number of carbonyl (C=O) groups is 1. The highest BCUT2D eigenvalue weighted by Gasteiger charge is 1.98. The lowest BCUT2D eigenvalue weighted by atomic mass is 10.1. The Balaban J connectivity index is 2.61. The van der Waals surface area contributed by atoms with Crippen LogP contribution in [0.25, 0.3) is 0 Å². The van der Waals surface area contributed by atoms with E-state index in [0.717, 1.165) is 24.2 Å². The lowest BCUT2D eigenvalue weighted by Crippen LogP contribution is -2.15. The first kappa shape index (κ1) is 9.71. The molecule has 0 atom stereocenters. The summed E-state index contributed by atoms with van der Waals surface area (Å²) in [5, 5.41) is 2.63. The molecule has 70 valence electrons. The second kappa shape index (κ2) is 4.60. The van der Waals surface area contributed by atoms with Gasteiger partial charge >= 0.3 is 0 Å². The fourth-order valence-corrected chi connectivity index (χ4v) is 1.25. The molecule has 0 fully saturated rings. The summed E-state index contributed by atoms with van der Waals surface area (Å²) in [5.74, 6) is 0. The van der Waals surface area contributed by atoms with Crippen molar-refractivity contribution in [3.8, 4) is 0 Å². The van der Waals surface area contributed by atoms with Gasteiger partial charge in [0.1, 0.15) is 0 Å². The second-order valence-electron chi connectivity index (χ2n) is 3.02. The number of amides is 1. The zero-order valence-corrected chi connectivity index (χ0v) is 8.00. The van der Waals surface area contributed by atoms with E-state index in [-0.39, 0.29) is 0 Å². The predicted molar refractivity (Wildman–Crippen MR) is 51.5 cm³/mol. The van der Waals surface area contributed by atoms with Gasteiger partial charge < -0.3 is 5.32 Å². The third-order valence-electron chi connectivity index (χ3n) is 1.96. The normalized spacial score (nSPS) is 9.69. The Morgan fingerprint density at radius 2 is 2.23 bits per heavy atom. The summed E-state index contributed by atoms with van der Waals surface area (Å²) >= 11 is 0. The molecule has 0 saturated carbocycles. The fraction of sp³-hybridized carbons (Fsp3) is 0.400. The molecule has 1 rings (SSSR count). The molecule has 1 amide bonds. The Morgan fingerprint density at radius 3 is 2.85 bits per heavy atom. The van der Waals surface area contributed by atoms with Crippen LogP contribution in [-0.4, -0.2) is 17.9 Å². The summed E-state index contributed by atoms with van der Waals surface area (Å²) in [4.78, 5) is 14.3. The van der Waals surface area contributed by atoms with Crippen molar-refractivity contribution >= 4 is 6.41 Å². The van der Waals surface area contributed by atoms with Gasteiger partial charge in [0.15, 0.2) is 0 Å². The highest BCUT2D eigenvalue weighted by Crippen LogP contribution is 2.06. The van der Waals surface area contributed by atoms with E-state index in [4.69, 9.17) is 0 Å². The average Bonchev–Trinajstić information content (AvgIpc) is 2.09. The maximum absolute atomic E-state index is 10.0. The van der Waals surface area contributed by atoms with Crippen molar-refractivity contribution in [3.63, 3.8) is 0 Å². The third-order valence-corrected chi connectivity index (χ3v) is 1.96. The molecule has 0 unspecified atom stereocenters. The van der Waals surface area contributed by atoms with E-state index in [1.165, 1.54) is 5.56 Å². The van der Waals surface area contributed by atoms with Crippen LogP contribution >= 0.6 is 0 Å². The van der Waals surface area contributed by atoms with Crippen LogP contribution in [0.2, 0.25) is 0 Å². The van der Waals surface area contributed by atoms with Crippen molar-refractivity contribution in [3.05, 3.63) is 29.1 Å². The van der Waals surface area contributed by atoms with E-state index in [0.29, 0.717) is 6.54 Å². The number of rotatable bonds is 4. The Bertz CT molecular complexity index is 297. The molecule has 3 heteroatoms. The highest BCUT2D eigenvalue weighted by molar-refractivity contribution is 5.45. The second-order valence-corrected chi connectivity index (χ2v) is 3.02. The lowest BCUT2D eigenvalue weighted by Gasteiger charge is -2.04. The van der Waals surface area contributed by atoms with Crippen LogP contribution in [0, 0.1) is 13.8 Å². The number of pyridine rings is 1. The van der Waals surface area contributed by atoms with Crippen molar-refractivity contribution in [1.82, 2.24) is 10.3 Å². The van der Waals surface area contributed by atoms with Crippen LogP contribution in [0.1, 0.15) is 17.0 Å². The molecule has 13 heavy (non-hydrogen) atoms. The van der Waals surface area contributed by atoms with Gasteiger partial charge in [0.2, 0.25) is 6.41 Å². The maximum Gasteiger partial charge on any atom is 0.207 e. The van der Waals surface area contributed by atoms with Gasteiger partial charge in [0, 0.05) is 17.9 Å². The van der Waals surface area contributed by atoms with Crippen molar-refractivity contribution in [1.29, 1.82) is 0 Å². The number of nitrogens with one attached hydrogen (secondary N) is 1. The van der Waals surface area contributed by atoms with Gasteiger partial charge in [-0.05, 0) is 31.9 Å². The van der Waals surface area contributed by atoms with Crippen molar-refractivity contribution in [2.75, 3.05) is 6.54 Å². The number of aryl methyl sites for hydroxylation is 2. The van der Waals surface area contributed by atoms with Crippen LogP contribution in [-0.2, 0) is 11.2 Å². The molecule has 1 N–H and O–H groups in total. The SMILES string of the molecule is Cc1ccc(CCNC=O)c(C)n1. The summed E-state index contributed by atoms with van der Waals surface area (Å²) in [6.07, 6.45) is 1.56. The summed E-state index contributed by atoms with van der Waals surface area (Å²) < 4.78 is 0. The van der Waals surface area contributed by atoms with Gasteiger partial charge in [-0.15, -0.1) is 0 Å². The van der Waals surface area contributed by atoms with Crippen molar-refractivity contribution < 1.29 is 4.79 Å². The topological polar surface area (TPSA) is 42.0 Å². The molecule has 0 aliphatic carbocycles. The smallest absolute Gasteiger partial charge is 0.207 e. The first-order valence-corrected chi connectivity index (χ1v) is 4.34. The summed E-state index contributed by atoms with van der Waals surface area (Å²) in [7, 11) is 0. The quantitative estimate of drug-likeness (QED) is 0.551. The molecule has 0 aliphatic rings. The van der Waals surface area contributed by atoms with Crippen LogP contribution in [0.3, 0.4) is 0 Å². The van der Waals surface area contributed by atoms with Gasteiger partial charge in [-0.2, -0.15) is 0 Å². The lowest BCUT2D eigenvalue weighted by molar-refractivity contribution is -0.109. The minimum Gasteiger partial charge on any atom is -0.358 e. The summed E-state index contributed by atoms with van der Waals surface area (Å²) in [6.45, 7) is 4.64. The number of hydrogen-bond acceptors (Lipinski definition) is 2. The molecule has 0 spiro atoms. The van der Waals surface area contributed by atoms with E-state index in [1.54, 1.807) is 0 Å². The summed E-state index contributed by atoms with van der Waals surface area (Å²) in [6, 6.07) is 4.05. The van der Waals surface area contributed by atoms with Crippen LogP contribution in [0.5, 0.6) is 0 Å². The molecule has 0 saturated heterocycles. The van der Waals surface area contributed by atoms with E-state index in [1.807, 2.05) is 19.9 Å². The average molecular weight is 178 g/mol. The predicted octanol–water partition coefficient (Wildman–Crippen LogP) is 0.987. The Morgan fingerprint density at radius 1 is 1.46 bits per heavy atom. The standard InChI is InChI=1S/C10H14N2O/c1-8-3-4-10(9(2)12-8)5-6-11-7-13/h3-4,7H,5-6H2,1-2H3,(H,11,13). The number of hydrogen-bond donors (Lipinski definition) is 1. The number of carbonyl (C=O) groups excluding carboxylic acids is 1. The molecule has 1 heterocycles. The van der Waals surface area contributed by atoms with Gasteiger partial charge in [-0.3, -0.25) is 9.78 Å². The number of aromatic nitrogens is 1. The Kier molecular flexibility index (Phi) is 3.43. The molecule has 1 aromatic rings. The zero-order valence-electron chi connectivity index (χ0n) is 8.00. The largest absolute Gasteiger partial charge is 0.358 e. The number of nitrogens with zero attached hydrogens (tertiary/aromatic N) is 1. The van der Waals surface area contributed by atoms with E-state index in [9.17, 15) is 4.79 Å². The molecule has 0 bridgehead atoms. The minimum atomic E-state index is 0.676. The van der Waals surface area contributed by atoms with Gasteiger partial charge in [0.05, 0.1) is 0 Å². The molecule has 0 aromatic carbocycles. The van der Waals surface area contributed by atoms with Crippen molar-refractivity contribution in [2.24, 2.45) is 0 Å². The zero-order chi connectivity index (χ0) is 9.68. The fourth-order valence-electron chi connectivity index (χ4n) is 1.25. The third kappa shape index (κ3) is 2.86. The molecule has 3 nitrogen and oxygen atoms in total. The Labute approximate surface area is 78.2 Å². The van der Waals surface area contributed by atoms with Gasteiger partial charge in [-0.1, -0.05) is 6.07 Å².